The third-order valence-electron chi connectivity index (χ3n) is 3.20. The molecule has 0 amide bonds. The first-order valence-electron chi connectivity index (χ1n) is 7.12. The number of hydrogen-bond acceptors (Lipinski definition) is 2. The summed E-state index contributed by atoms with van der Waals surface area (Å²) < 4.78 is 5.10. The third-order valence-corrected chi connectivity index (χ3v) is 3.20. The molecule has 1 unspecified atom stereocenters. The molecular weight excluding hydrogens is 236 g/mol. The van der Waals surface area contributed by atoms with Gasteiger partial charge in [-0.25, -0.2) is 0 Å². The normalized spacial score (nSPS) is 13.1. The lowest BCUT2D eigenvalue weighted by Crippen LogP contribution is -2.12. The highest BCUT2D eigenvalue weighted by atomic mass is 16.5. The van der Waals surface area contributed by atoms with Gasteiger partial charge in [0, 0.05) is 5.92 Å². The Balaban J connectivity index is 2.97. The lowest BCUT2D eigenvalue weighted by atomic mass is 9.86. The van der Waals surface area contributed by atoms with Crippen molar-refractivity contribution in [2.75, 3.05) is 6.61 Å². The van der Waals surface area contributed by atoms with Crippen molar-refractivity contribution in [3.63, 3.8) is 0 Å². The van der Waals surface area contributed by atoms with E-state index in [2.05, 4.69) is 32.1 Å². The summed E-state index contributed by atoms with van der Waals surface area (Å²) in [7, 11) is 0. The highest BCUT2D eigenvalue weighted by molar-refractivity contribution is 5.71. The van der Waals surface area contributed by atoms with Gasteiger partial charge in [-0.15, -0.1) is 0 Å². The van der Waals surface area contributed by atoms with Gasteiger partial charge in [0.05, 0.1) is 13.0 Å². The van der Waals surface area contributed by atoms with E-state index in [9.17, 15) is 4.79 Å². The van der Waals surface area contributed by atoms with E-state index in [0.717, 1.165) is 12.8 Å². The third kappa shape index (κ3) is 4.90. The van der Waals surface area contributed by atoms with Crippen LogP contribution in [-0.4, -0.2) is 12.6 Å². The van der Waals surface area contributed by atoms with Crippen molar-refractivity contribution in [1.29, 1.82) is 0 Å². The maximum absolute atomic E-state index is 11.8. The van der Waals surface area contributed by atoms with Gasteiger partial charge >= 0.3 is 5.97 Å². The predicted octanol–water partition coefficient (Wildman–Crippen LogP) is 4.47. The van der Waals surface area contributed by atoms with E-state index in [-0.39, 0.29) is 11.9 Å². The lowest BCUT2D eigenvalue weighted by molar-refractivity contribution is -0.143. The van der Waals surface area contributed by atoms with Crippen LogP contribution in [0.3, 0.4) is 0 Å². The van der Waals surface area contributed by atoms with E-state index in [4.69, 9.17) is 4.74 Å². The second-order valence-corrected chi connectivity index (χ2v) is 4.51. The summed E-state index contributed by atoms with van der Waals surface area (Å²) in [4.78, 5) is 11.8. The van der Waals surface area contributed by atoms with Crippen molar-refractivity contribution in [1.82, 2.24) is 0 Å². The van der Waals surface area contributed by atoms with Crippen molar-refractivity contribution < 1.29 is 9.53 Å². The van der Waals surface area contributed by atoms with E-state index < -0.39 is 0 Å². The highest BCUT2D eigenvalue weighted by Gasteiger charge is 2.19. The summed E-state index contributed by atoms with van der Waals surface area (Å²) in [6.45, 7) is 6.56. The molecule has 104 valence electrons. The molecule has 2 nitrogen and oxygen atoms in total. The molecule has 1 aromatic carbocycles. The van der Waals surface area contributed by atoms with Crippen LogP contribution in [0.5, 0.6) is 0 Å². The van der Waals surface area contributed by atoms with E-state index >= 15 is 0 Å². The van der Waals surface area contributed by atoms with E-state index in [1.54, 1.807) is 0 Å². The lowest BCUT2D eigenvalue weighted by Gasteiger charge is -2.19. The quantitative estimate of drug-likeness (QED) is 0.534. The molecular formula is C17H24O2. The van der Waals surface area contributed by atoms with Crippen molar-refractivity contribution in [3.05, 3.63) is 47.5 Å². The smallest absolute Gasteiger partial charge is 0.306 e. The van der Waals surface area contributed by atoms with E-state index in [1.165, 1.54) is 11.1 Å². The Morgan fingerprint density at radius 1 is 1.21 bits per heavy atom. The molecule has 0 heterocycles. The van der Waals surface area contributed by atoms with Gasteiger partial charge in [-0.3, -0.25) is 4.79 Å². The molecule has 2 heteroatoms. The summed E-state index contributed by atoms with van der Waals surface area (Å²) in [5, 5.41) is 0. The zero-order valence-corrected chi connectivity index (χ0v) is 12.2. The fourth-order valence-corrected chi connectivity index (χ4v) is 2.33. The molecule has 0 fully saturated rings. The fourth-order valence-electron chi connectivity index (χ4n) is 2.33. The average Bonchev–Trinajstić information content (AvgIpc) is 2.44. The number of rotatable bonds is 7. The Kier molecular flexibility index (Phi) is 6.94. The number of carbonyl (C=O) groups excluding carboxylic acids is 1. The molecule has 0 bridgehead atoms. The van der Waals surface area contributed by atoms with Crippen LogP contribution in [0.2, 0.25) is 0 Å². The maximum atomic E-state index is 11.8. The van der Waals surface area contributed by atoms with Crippen molar-refractivity contribution in [2.24, 2.45) is 0 Å². The SMILES string of the molecule is CC/C=C(\CC)C(CC(=O)OCC)c1ccccc1. The summed E-state index contributed by atoms with van der Waals surface area (Å²) in [5.41, 5.74) is 2.51. The van der Waals surface area contributed by atoms with Crippen LogP contribution >= 0.6 is 0 Å². The Labute approximate surface area is 116 Å². The number of allylic oxidation sites excluding steroid dienone is 2. The van der Waals surface area contributed by atoms with Crippen molar-refractivity contribution >= 4 is 5.97 Å². The van der Waals surface area contributed by atoms with E-state index in [1.807, 2.05) is 25.1 Å². The monoisotopic (exact) mass is 260 g/mol. The number of benzene rings is 1. The molecule has 0 aromatic heterocycles. The molecule has 19 heavy (non-hydrogen) atoms. The second-order valence-electron chi connectivity index (χ2n) is 4.51. The van der Waals surface area contributed by atoms with Gasteiger partial charge in [-0.1, -0.05) is 55.8 Å². The highest BCUT2D eigenvalue weighted by Crippen LogP contribution is 2.30. The van der Waals surface area contributed by atoms with Gasteiger partial charge in [0.25, 0.3) is 0 Å². The van der Waals surface area contributed by atoms with Crippen molar-refractivity contribution in [2.45, 2.75) is 46.0 Å². The Morgan fingerprint density at radius 3 is 2.42 bits per heavy atom. The van der Waals surface area contributed by atoms with Gasteiger partial charge in [0.1, 0.15) is 0 Å². The largest absolute Gasteiger partial charge is 0.466 e. The van der Waals surface area contributed by atoms with Crippen LogP contribution in [-0.2, 0) is 9.53 Å². The van der Waals surface area contributed by atoms with Crippen LogP contribution in [0.4, 0.5) is 0 Å². The number of hydrogen-bond donors (Lipinski definition) is 0. The van der Waals surface area contributed by atoms with Crippen LogP contribution in [0.1, 0.15) is 51.5 Å². The van der Waals surface area contributed by atoms with Crippen molar-refractivity contribution in [3.8, 4) is 0 Å². The first kappa shape index (κ1) is 15.5. The van der Waals surface area contributed by atoms with Crippen LogP contribution in [0.15, 0.2) is 42.0 Å². The van der Waals surface area contributed by atoms with Crippen LogP contribution < -0.4 is 0 Å². The molecule has 1 aromatic rings. The van der Waals surface area contributed by atoms with Gasteiger partial charge < -0.3 is 4.74 Å². The molecule has 0 aliphatic rings. The molecule has 0 spiro atoms. The zero-order valence-electron chi connectivity index (χ0n) is 12.2. The zero-order chi connectivity index (χ0) is 14.1. The molecule has 0 aliphatic carbocycles. The summed E-state index contributed by atoms with van der Waals surface area (Å²) in [6.07, 6.45) is 4.62. The molecule has 0 N–H and O–H groups in total. The van der Waals surface area contributed by atoms with Gasteiger partial charge in [0.2, 0.25) is 0 Å². The first-order chi connectivity index (χ1) is 9.22. The summed E-state index contributed by atoms with van der Waals surface area (Å²) in [5.74, 6) is 0.0250. The Bertz CT molecular complexity index is 407. The van der Waals surface area contributed by atoms with E-state index in [0.29, 0.717) is 13.0 Å². The van der Waals surface area contributed by atoms with Gasteiger partial charge in [0.15, 0.2) is 0 Å². The molecule has 0 radical (unpaired) electrons. The van der Waals surface area contributed by atoms with Crippen LogP contribution in [0, 0.1) is 0 Å². The molecule has 1 atom stereocenters. The molecule has 1 rings (SSSR count). The molecule has 0 saturated carbocycles. The number of carbonyl (C=O) groups is 1. The topological polar surface area (TPSA) is 26.3 Å². The predicted molar refractivity (Wildman–Crippen MR) is 79.1 cm³/mol. The van der Waals surface area contributed by atoms with Gasteiger partial charge in [-0.05, 0) is 25.3 Å². The summed E-state index contributed by atoms with van der Waals surface area (Å²) >= 11 is 0. The molecule has 0 saturated heterocycles. The molecule has 0 aliphatic heterocycles. The number of esters is 1. The van der Waals surface area contributed by atoms with Gasteiger partial charge in [-0.2, -0.15) is 0 Å². The second kappa shape index (κ2) is 8.52. The summed E-state index contributed by atoms with van der Waals surface area (Å²) in [6, 6.07) is 10.2. The minimum atomic E-state index is -0.119. The maximum Gasteiger partial charge on any atom is 0.306 e. The van der Waals surface area contributed by atoms with Crippen LogP contribution in [0.25, 0.3) is 0 Å². The first-order valence-corrected chi connectivity index (χ1v) is 7.12. The minimum absolute atomic E-state index is 0.119. The average molecular weight is 260 g/mol. The number of ether oxygens (including phenoxy) is 1. The Hall–Kier alpha value is -1.57. The minimum Gasteiger partial charge on any atom is -0.466 e. The fraction of sp³-hybridized carbons (Fsp3) is 0.471. The standard InChI is InChI=1S/C17H24O2/c1-4-10-14(5-2)16(13-17(18)19-6-3)15-11-8-7-9-12-15/h7-12,16H,4-6,13H2,1-3H3/b14-10+. The Morgan fingerprint density at radius 2 is 1.89 bits per heavy atom.